The van der Waals surface area contributed by atoms with Gasteiger partial charge in [-0.25, -0.2) is 4.79 Å². The Kier molecular flexibility index (Phi) is 8.92. The van der Waals surface area contributed by atoms with Crippen LogP contribution < -0.4 is 0 Å². The van der Waals surface area contributed by atoms with Gasteiger partial charge in [-0.3, -0.25) is 0 Å². The maximum Gasteiger partial charge on any atom is 0.344 e. The molecule has 1 aliphatic carbocycles. The molecular formula is C23H28O4. The molecule has 4 nitrogen and oxygen atoms in total. The molecule has 4 heteroatoms. The molecule has 0 aliphatic heterocycles. The minimum absolute atomic E-state index is 0.0648. The summed E-state index contributed by atoms with van der Waals surface area (Å²) < 4.78 is 10.6. The average Bonchev–Trinajstić information content (AvgIpc) is 2.73. The Morgan fingerprint density at radius 3 is 2.33 bits per heavy atom. The van der Waals surface area contributed by atoms with Gasteiger partial charge in [0.15, 0.2) is 12.2 Å². The molecule has 144 valence electrons. The fraction of sp³-hybridized carbons (Fsp3) is 0.522. The van der Waals surface area contributed by atoms with E-state index in [0.29, 0.717) is 12.2 Å². The van der Waals surface area contributed by atoms with Gasteiger partial charge in [-0.15, -0.1) is 5.92 Å². The van der Waals surface area contributed by atoms with Crippen LogP contribution in [0.15, 0.2) is 30.3 Å². The standard InChI is InChI=1S/C23H28O4/c1-2-3-10-17-26-18-11-12-19-27-22(24)23(25,20-13-6-4-7-14-20)21-15-8-5-9-16-21/h4,6-7,13-14,21,25H,2,5,8-9,15-19H2,1H3. The number of carbonyl (C=O) groups is 1. The van der Waals surface area contributed by atoms with Gasteiger partial charge in [-0.2, -0.15) is 0 Å². The van der Waals surface area contributed by atoms with E-state index in [1.807, 2.05) is 25.1 Å². The first-order chi connectivity index (χ1) is 13.2. The first kappa shape index (κ1) is 21.0. The molecule has 27 heavy (non-hydrogen) atoms. The fourth-order valence-corrected chi connectivity index (χ4v) is 3.38. The van der Waals surface area contributed by atoms with Gasteiger partial charge in [-0.05, 0) is 18.4 Å². The van der Waals surface area contributed by atoms with Crippen LogP contribution in [0, 0.1) is 29.6 Å². The summed E-state index contributed by atoms with van der Waals surface area (Å²) in [4.78, 5) is 12.8. The molecule has 0 amide bonds. The highest BCUT2D eigenvalue weighted by atomic mass is 16.5. The number of aliphatic hydroxyl groups is 1. The monoisotopic (exact) mass is 368 g/mol. The topological polar surface area (TPSA) is 55.8 Å². The highest BCUT2D eigenvalue weighted by Crippen LogP contribution is 2.40. The molecular weight excluding hydrogens is 340 g/mol. The van der Waals surface area contributed by atoms with Crippen LogP contribution in [0.2, 0.25) is 0 Å². The Bertz CT molecular complexity index is 699. The molecule has 2 rings (SSSR count). The van der Waals surface area contributed by atoms with E-state index in [2.05, 4.69) is 23.7 Å². The van der Waals surface area contributed by atoms with Gasteiger partial charge in [0.05, 0.1) is 0 Å². The number of esters is 1. The highest BCUT2D eigenvalue weighted by molar-refractivity contribution is 5.81. The lowest BCUT2D eigenvalue weighted by molar-refractivity contribution is -0.174. The quantitative estimate of drug-likeness (QED) is 0.475. The lowest BCUT2D eigenvalue weighted by Gasteiger charge is -2.36. The van der Waals surface area contributed by atoms with E-state index in [0.717, 1.165) is 38.5 Å². The van der Waals surface area contributed by atoms with Crippen LogP contribution in [0.25, 0.3) is 0 Å². The largest absolute Gasteiger partial charge is 0.450 e. The molecule has 0 aromatic heterocycles. The minimum Gasteiger partial charge on any atom is -0.450 e. The molecule has 1 atom stereocenters. The van der Waals surface area contributed by atoms with Crippen molar-refractivity contribution in [3.8, 4) is 23.7 Å². The molecule has 0 heterocycles. The van der Waals surface area contributed by atoms with Crippen LogP contribution in [0.5, 0.6) is 0 Å². The summed E-state index contributed by atoms with van der Waals surface area (Å²) >= 11 is 0. The van der Waals surface area contributed by atoms with Crippen molar-refractivity contribution in [3.05, 3.63) is 35.9 Å². The maximum atomic E-state index is 12.8. The normalized spacial score (nSPS) is 16.2. The third-order valence-corrected chi connectivity index (χ3v) is 4.77. The molecule has 0 spiro atoms. The zero-order chi connectivity index (χ0) is 19.4. The van der Waals surface area contributed by atoms with E-state index >= 15 is 0 Å². The highest BCUT2D eigenvalue weighted by Gasteiger charge is 2.46. The number of rotatable bonds is 6. The molecule has 1 saturated carbocycles. The van der Waals surface area contributed by atoms with Crippen LogP contribution >= 0.6 is 0 Å². The maximum absolute atomic E-state index is 12.8. The van der Waals surface area contributed by atoms with Crippen molar-refractivity contribution in [2.45, 2.75) is 51.0 Å². The Hall–Kier alpha value is -2.27. The van der Waals surface area contributed by atoms with Crippen molar-refractivity contribution in [2.24, 2.45) is 5.92 Å². The Balaban J connectivity index is 1.95. The summed E-state index contributed by atoms with van der Waals surface area (Å²) in [5.74, 6) is 10.6. The summed E-state index contributed by atoms with van der Waals surface area (Å²) in [5.41, 5.74) is -1.03. The van der Waals surface area contributed by atoms with E-state index in [1.54, 1.807) is 12.1 Å². The summed E-state index contributed by atoms with van der Waals surface area (Å²) in [7, 11) is 0. The number of carbonyl (C=O) groups excluding carboxylic acids is 1. The van der Waals surface area contributed by atoms with Crippen molar-refractivity contribution in [1.29, 1.82) is 0 Å². The molecule has 0 bridgehead atoms. The van der Waals surface area contributed by atoms with Gasteiger partial charge in [0.25, 0.3) is 0 Å². The fourth-order valence-electron chi connectivity index (χ4n) is 3.38. The lowest BCUT2D eigenvalue weighted by atomic mass is 9.73. The lowest BCUT2D eigenvalue weighted by Crippen LogP contribution is -2.45. The van der Waals surface area contributed by atoms with Crippen LogP contribution in [0.4, 0.5) is 0 Å². The van der Waals surface area contributed by atoms with Crippen LogP contribution in [-0.4, -0.2) is 30.9 Å². The van der Waals surface area contributed by atoms with Gasteiger partial charge in [-0.1, -0.05) is 74.3 Å². The zero-order valence-electron chi connectivity index (χ0n) is 16.0. The van der Waals surface area contributed by atoms with E-state index in [9.17, 15) is 9.90 Å². The van der Waals surface area contributed by atoms with Crippen LogP contribution in [-0.2, 0) is 19.9 Å². The first-order valence-electron chi connectivity index (χ1n) is 9.64. The summed E-state index contributed by atoms with van der Waals surface area (Å²) in [6.07, 6.45) is 5.62. The third kappa shape index (κ3) is 6.14. The van der Waals surface area contributed by atoms with Gasteiger partial charge >= 0.3 is 5.97 Å². The summed E-state index contributed by atoms with van der Waals surface area (Å²) in [6.45, 7) is 2.50. The zero-order valence-corrected chi connectivity index (χ0v) is 16.0. The second kappa shape index (κ2) is 11.4. The second-order valence-electron chi connectivity index (χ2n) is 6.60. The second-order valence-corrected chi connectivity index (χ2v) is 6.60. The predicted octanol–water partition coefficient (Wildman–Crippen LogP) is 3.43. The van der Waals surface area contributed by atoms with Crippen molar-refractivity contribution in [1.82, 2.24) is 0 Å². The number of hydrogen-bond donors (Lipinski definition) is 1. The van der Waals surface area contributed by atoms with E-state index in [4.69, 9.17) is 9.47 Å². The van der Waals surface area contributed by atoms with Crippen molar-refractivity contribution < 1.29 is 19.4 Å². The van der Waals surface area contributed by atoms with Gasteiger partial charge in [0.2, 0.25) is 0 Å². The summed E-state index contributed by atoms with van der Waals surface area (Å²) in [5, 5.41) is 11.3. The molecule has 1 fully saturated rings. The predicted molar refractivity (Wildman–Crippen MR) is 105 cm³/mol. The van der Waals surface area contributed by atoms with Gasteiger partial charge in [0.1, 0.15) is 13.2 Å². The Morgan fingerprint density at radius 2 is 1.67 bits per heavy atom. The smallest absolute Gasteiger partial charge is 0.344 e. The Labute approximate surface area is 162 Å². The van der Waals surface area contributed by atoms with Crippen molar-refractivity contribution in [2.75, 3.05) is 19.8 Å². The van der Waals surface area contributed by atoms with Gasteiger partial charge < -0.3 is 14.6 Å². The van der Waals surface area contributed by atoms with Crippen molar-refractivity contribution in [3.63, 3.8) is 0 Å². The molecule has 1 N–H and O–H groups in total. The van der Waals surface area contributed by atoms with Crippen molar-refractivity contribution >= 4 is 5.97 Å². The van der Waals surface area contributed by atoms with E-state index < -0.39 is 11.6 Å². The molecule has 1 aromatic carbocycles. The molecule has 1 unspecified atom stereocenters. The Morgan fingerprint density at radius 1 is 1.04 bits per heavy atom. The SMILES string of the molecule is CCC#CCOCC#CCOC(=O)C(O)(c1ccccc1)C1CCCCC1. The van der Waals surface area contributed by atoms with Crippen LogP contribution in [0.1, 0.15) is 51.0 Å². The molecule has 1 aromatic rings. The number of benzene rings is 1. The first-order valence-corrected chi connectivity index (χ1v) is 9.64. The molecule has 0 saturated heterocycles. The average molecular weight is 368 g/mol. The van der Waals surface area contributed by atoms with Gasteiger partial charge in [0, 0.05) is 12.3 Å². The third-order valence-electron chi connectivity index (χ3n) is 4.77. The molecule has 1 aliphatic rings. The number of ether oxygens (including phenoxy) is 2. The van der Waals surface area contributed by atoms with E-state index in [-0.39, 0.29) is 19.1 Å². The van der Waals surface area contributed by atoms with Crippen LogP contribution in [0.3, 0.4) is 0 Å². The van der Waals surface area contributed by atoms with E-state index in [1.165, 1.54) is 0 Å². The number of hydrogen-bond acceptors (Lipinski definition) is 4. The minimum atomic E-state index is -1.62. The summed E-state index contributed by atoms with van der Waals surface area (Å²) in [6, 6.07) is 9.09. The molecule has 0 radical (unpaired) electrons.